The van der Waals surface area contributed by atoms with Crippen LogP contribution in [0.25, 0.3) is 0 Å². The van der Waals surface area contributed by atoms with Crippen molar-refractivity contribution in [2.75, 3.05) is 26.2 Å². The summed E-state index contributed by atoms with van der Waals surface area (Å²) in [5.41, 5.74) is 0.567. The lowest BCUT2D eigenvalue weighted by Crippen LogP contribution is -2.57. The average molecular weight is 196 g/mol. The molecule has 2 aliphatic heterocycles. The Kier molecular flexibility index (Phi) is 2.85. The summed E-state index contributed by atoms with van der Waals surface area (Å²) in [6.45, 7) is 12.2. The van der Waals surface area contributed by atoms with Gasteiger partial charge in [0, 0.05) is 31.1 Å². The van der Waals surface area contributed by atoms with Crippen LogP contribution in [0.15, 0.2) is 0 Å². The lowest BCUT2D eigenvalue weighted by molar-refractivity contribution is 0.0929. The topological polar surface area (TPSA) is 15.3 Å². The van der Waals surface area contributed by atoms with E-state index in [4.69, 9.17) is 0 Å². The molecule has 0 saturated carbocycles. The molecular weight excluding hydrogens is 172 g/mol. The zero-order valence-electron chi connectivity index (χ0n) is 9.84. The Labute approximate surface area is 88.1 Å². The molecule has 2 heteroatoms. The van der Waals surface area contributed by atoms with Crippen molar-refractivity contribution in [2.24, 2.45) is 11.3 Å². The molecule has 2 rings (SSSR count). The van der Waals surface area contributed by atoms with Gasteiger partial charge in [-0.15, -0.1) is 0 Å². The van der Waals surface area contributed by atoms with E-state index in [1.165, 1.54) is 39.0 Å². The van der Waals surface area contributed by atoms with E-state index in [0.29, 0.717) is 5.41 Å². The minimum absolute atomic E-state index is 0.567. The highest BCUT2D eigenvalue weighted by Crippen LogP contribution is 2.31. The van der Waals surface area contributed by atoms with Gasteiger partial charge in [0.1, 0.15) is 0 Å². The van der Waals surface area contributed by atoms with Gasteiger partial charge in [-0.3, -0.25) is 4.90 Å². The molecule has 0 aromatic carbocycles. The van der Waals surface area contributed by atoms with Gasteiger partial charge in [-0.05, 0) is 25.3 Å². The lowest BCUT2D eigenvalue weighted by Gasteiger charge is -2.43. The first kappa shape index (κ1) is 10.4. The van der Waals surface area contributed by atoms with E-state index in [1.807, 2.05) is 0 Å². The van der Waals surface area contributed by atoms with Crippen molar-refractivity contribution in [2.45, 2.75) is 39.7 Å². The Hall–Kier alpha value is -0.0800. The Morgan fingerprint density at radius 1 is 1.43 bits per heavy atom. The number of hydrogen-bond acceptors (Lipinski definition) is 2. The number of rotatable bonds is 3. The molecule has 14 heavy (non-hydrogen) atoms. The zero-order chi connectivity index (χ0) is 10.2. The van der Waals surface area contributed by atoms with Crippen LogP contribution in [0.5, 0.6) is 0 Å². The largest absolute Gasteiger partial charge is 0.315 e. The van der Waals surface area contributed by atoms with Crippen molar-refractivity contribution in [3.8, 4) is 0 Å². The predicted octanol–water partition coefficient (Wildman–Crippen LogP) is 1.72. The SMILES string of the molecule is CCC1C(C)CCN1CC1(C)CNC1. The Bertz CT molecular complexity index is 198. The fourth-order valence-electron chi connectivity index (χ4n) is 3.10. The van der Waals surface area contributed by atoms with Gasteiger partial charge in [-0.1, -0.05) is 20.8 Å². The van der Waals surface area contributed by atoms with Crippen LogP contribution in [-0.4, -0.2) is 37.1 Å². The van der Waals surface area contributed by atoms with Gasteiger partial charge in [0.05, 0.1) is 0 Å². The van der Waals surface area contributed by atoms with Crippen LogP contribution in [0.3, 0.4) is 0 Å². The number of nitrogens with one attached hydrogen (secondary N) is 1. The summed E-state index contributed by atoms with van der Waals surface area (Å²) in [6.07, 6.45) is 2.73. The molecule has 2 atom stereocenters. The van der Waals surface area contributed by atoms with E-state index in [9.17, 15) is 0 Å². The molecule has 0 radical (unpaired) electrons. The van der Waals surface area contributed by atoms with Crippen LogP contribution >= 0.6 is 0 Å². The van der Waals surface area contributed by atoms with Crippen LogP contribution in [-0.2, 0) is 0 Å². The van der Waals surface area contributed by atoms with Gasteiger partial charge in [0.2, 0.25) is 0 Å². The Morgan fingerprint density at radius 3 is 2.64 bits per heavy atom. The van der Waals surface area contributed by atoms with Gasteiger partial charge in [-0.2, -0.15) is 0 Å². The maximum absolute atomic E-state index is 3.39. The van der Waals surface area contributed by atoms with Crippen LogP contribution in [0.4, 0.5) is 0 Å². The average Bonchev–Trinajstić information content (AvgIpc) is 2.44. The zero-order valence-corrected chi connectivity index (χ0v) is 9.84. The molecule has 2 heterocycles. The van der Waals surface area contributed by atoms with Gasteiger partial charge < -0.3 is 5.32 Å². The smallest absolute Gasteiger partial charge is 0.0119 e. The molecule has 2 saturated heterocycles. The molecule has 0 amide bonds. The fourth-order valence-corrected chi connectivity index (χ4v) is 3.10. The number of hydrogen-bond donors (Lipinski definition) is 1. The first-order valence-corrected chi connectivity index (χ1v) is 6.09. The summed E-state index contributed by atoms with van der Waals surface area (Å²) in [4.78, 5) is 2.73. The normalized spacial score (nSPS) is 37.1. The third kappa shape index (κ3) is 1.82. The van der Waals surface area contributed by atoms with Gasteiger partial charge >= 0.3 is 0 Å². The highest BCUT2D eigenvalue weighted by atomic mass is 15.2. The molecule has 2 aliphatic rings. The number of nitrogens with zero attached hydrogens (tertiary/aromatic N) is 1. The fraction of sp³-hybridized carbons (Fsp3) is 1.00. The predicted molar refractivity (Wildman–Crippen MR) is 60.4 cm³/mol. The first-order chi connectivity index (χ1) is 6.64. The second kappa shape index (κ2) is 3.82. The van der Waals surface area contributed by atoms with Crippen molar-refractivity contribution in [1.82, 2.24) is 10.2 Å². The van der Waals surface area contributed by atoms with E-state index in [2.05, 4.69) is 31.0 Å². The van der Waals surface area contributed by atoms with Crippen LogP contribution in [0, 0.1) is 11.3 Å². The third-order valence-electron chi connectivity index (χ3n) is 4.10. The van der Waals surface area contributed by atoms with Gasteiger partial charge in [0.25, 0.3) is 0 Å². The van der Waals surface area contributed by atoms with E-state index < -0.39 is 0 Å². The molecule has 2 unspecified atom stereocenters. The summed E-state index contributed by atoms with van der Waals surface area (Å²) in [6, 6.07) is 0.854. The van der Waals surface area contributed by atoms with Crippen LogP contribution in [0.1, 0.15) is 33.6 Å². The molecule has 0 spiro atoms. The maximum atomic E-state index is 3.39. The van der Waals surface area contributed by atoms with E-state index in [0.717, 1.165) is 12.0 Å². The van der Waals surface area contributed by atoms with Crippen molar-refractivity contribution < 1.29 is 0 Å². The quantitative estimate of drug-likeness (QED) is 0.739. The third-order valence-corrected chi connectivity index (χ3v) is 4.10. The summed E-state index contributed by atoms with van der Waals surface area (Å²) in [5, 5.41) is 3.39. The van der Waals surface area contributed by atoms with E-state index >= 15 is 0 Å². The molecule has 0 aromatic heterocycles. The molecule has 1 N–H and O–H groups in total. The van der Waals surface area contributed by atoms with Gasteiger partial charge in [-0.25, -0.2) is 0 Å². The molecule has 0 aliphatic carbocycles. The summed E-state index contributed by atoms with van der Waals surface area (Å²) >= 11 is 0. The van der Waals surface area contributed by atoms with Crippen molar-refractivity contribution in [3.05, 3.63) is 0 Å². The maximum Gasteiger partial charge on any atom is 0.0119 e. The lowest BCUT2D eigenvalue weighted by atomic mass is 9.83. The molecule has 0 bridgehead atoms. The standard InChI is InChI=1S/C12H24N2/c1-4-11-10(2)5-6-14(11)9-12(3)7-13-8-12/h10-11,13H,4-9H2,1-3H3. The molecule has 2 fully saturated rings. The molecule has 2 nitrogen and oxygen atoms in total. The Balaban J connectivity index is 1.91. The van der Waals surface area contributed by atoms with E-state index in [1.54, 1.807) is 0 Å². The highest BCUT2D eigenvalue weighted by Gasteiger charge is 2.38. The number of likely N-dealkylation sites (tertiary alicyclic amines) is 1. The van der Waals surface area contributed by atoms with Gasteiger partial charge in [0.15, 0.2) is 0 Å². The minimum atomic E-state index is 0.567. The highest BCUT2D eigenvalue weighted by molar-refractivity contribution is 4.94. The van der Waals surface area contributed by atoms with Crippen molar-refractivity contribution >= 4 is 0 Å². The van der Waals surface area contributed by atoms with Crippen molar-refractivity contribution in [1.29, 1.82) is 0 Å². The summed E-state index contributed by atoms with van der Waals surface area (Å²) in [7, 11) is 0. The first-order valence-electron chi connectivity index (χ1n) is 6.09. The second-order valence-corrected chi connectivity index (χ2v) is 5.63. The van der Waals surface area contributed by atoms with Crippen LogP contribution < -0.4 is 5.32 Å². The second-order valence-electron chi connectivity index (χ2n) is 5.63. The molecular formula is C12H24N2. The van der Waals surface area contributed by atoms with Crippen molar-refractivity contribution in [3.63, 3.8) is 0 Å². The van der Waals surface area contributed by atoms with E-state index in [-0.39, 0.29) is 0 Å². The summed E-state index contributed by atoms with van der Waals surface area (Å²) in [5.74, 6) is 0.914. The van der Waals surface area contributed by atoms with Crippen LogP contribution in [0.2, 0.25) is 0 Å². The monoisotopic (exact) mass is 196 g/mol. The molecule has 82 valence electrons. The Morgan fingerprint density at radius 2 is 2.14 bits per heavy atom. The minimum Gasteiger partial charge on any atom is -0.315 e. The molecule has 0 aromatic rings. The summed E-state index contributed by atoms with van der Waals surface area (Å²) < 4.78 is 0.